The standard InChI is InChI=1S/C16H20N4O/c1-10-4-11(2)14(12(3)5-10)6-16(21)15-9-20(19-18-15)13-7-17-8-13/h4-5,9,13,17H,6-8H2,1-3H3. The zero-order valence-electron chi connectivity index (χ0n) is 12.7. The summed E-state index contributed by atoms with van der Waals surface area (Å²) in [7, 11) is 0. The lowest BCUT2D eigenvalue weighted by molar-refractivity contribution is 0.0987. The minimum atomic E-state index is 0.0311. The predicted octanol–water partition coefficient (Wildman–Crippen LogP) is 1.77. The molecule has 1 aromatic carbocycles. The summed E-state index contributed by atoms with van der Waals surface area (Å²) < 4.78 is 1.79. The van der Waals surface area contributed by atoms with Crippen LogP contribution in [0.3, 0.4) is 0 Å². The van der Waals surface area contributed by atoms with Gasteiger partial charge in [-0.3, -0.25) is 4.79 Å². The van der Waals surface area contributed by atoms with Gasteiger partial charge in [0, 0.05) is 19.5 Å². The van der Waals surface area contributed by atoms with Crippen molar-refractivity contribution in [3.8, 4) is 0 Å². The van der Waals surface area contributed by atoms with E-state index in [1.165, 1.54) is 5.56 Å². The molecule has 21 heavy (non-hydrogen) atoms. The van der Waals surface area contributed by atoms with Crippen LogP contribution in [0.15, 0.2) is 18.3 Å². The van der Waals surface area contributed by atoms with Gasteiger partial charge in [0.05, 0.1) is 12.2 Å². The molecule has 5 heteroatoms. The zero-order chi connectivity index (χ0) is 15.0. The second-order valence-corrected chi connectivity index (χ2v) is 5.87. The quantitative estimate of drug-likeness (QED) is 0.869. The summed E-state index contributed by atoms with van der Waals surface area (Å²) in [5, 5.41) is 11.3. The van der Waals surface area contributed by atoms with Crippen LogP contribution in [0.1, 0.15) is 38.8 Å². The molecule has 0 radical (unpaired) electrons. The summed E-state index contributed by atoms with van der Waals surface area (Å²) in [4.78, 5) is 12.4. The Morgan fingerprint density at radius 1 is 1.29 bits per heavy atom. The fraction of sp³-hybridized carbons (Fsp3) is 0.438. The van der Waals surface area contributed by atoms with E-state index < -0.39 is 0 Å². The number of rotatable bonds is 4. The fourth-order valence-electron chi connectivity index (χ4n) is 2.78. The zero-order valence-corrected chi connectivity index (χ0v) is 12.7. The molecule has 1 aromatic heterocycles. The molecule has 2 heterocycles. The van der Waals surface area contributed by atoms with Crippen LogP contribution in [-0.4, -0.2) is 33.9 Å². The molecule has 1 aliphatic rings. The summed E-state index contributed by atoms with van der Waals surface area (Å²) >= 11 is 0. The molecule has 0 spiro atoms. The molecule has 5 nitrogen and oxygen atoms in total. The number of hydrogen-bond donors (Lipinski definition) is 1. The molecule has 0 atom stereocenters. The van der Waals surface area contributed by atoms with Crippen LogP contribution >= 0.6 is 0 Å². The monoisotopic (exact) mass is 284 g/mol. The van der Waals surface area contributed by atoms with Gasteiger partial charge in [0.2, 0.25) is 0 Å². The van der Waals surface area contributed by atoms with Crippen LogP contribution in [0.25, 0.3) is 0 Å². The van der Waals surface area contributed by atoms with Crippen LogP contribution in [0.4, 0.5) is 0 Å². The molecule has 110 valence electrons. The molecule has 2 aromatic rings. The highest BCUT2D eigenvalue weighted by molar-refractivity contribution is 5.95. The number of benzene rings is 1. The molecule has 0 aliphatic carbocycles. The molecule has 0 unspecified atom stereocenters. The molecule has 3 rings (SSSR count). The smallest absolute Gasteiger partial charge is 0.189 e. The first-order valence-corrected chi connectivity index (χ1v) is 7.27. The summed E-state index contributed by atoms with van der Waals surface area (Å²) in [6.07, 6.45) is 2.16. The summed E-state index contributed by atoms with van der Waals surface area (Å²) in [5.41, 5.74) is 5.12. The van der Waals surface area contributed by atoms with Crippen molar-refractivity contribution in [2.45, 2.75) is 33.2 Å². The van der Waals surface area contributed by atoms with E-state index in [4.69, 9.17) is 0 Å². The summed E-state index contributed by atoms with van der Waals surface area (Å²) in [6.45, 7) is 7.98. The Kier molecular flexibility index (Phi) is 3.59. The first-order valence-electron chi connectivity index (χ1n) is 7.27. The van der Waals surface area contributed by atoms with Gasteiger partial charge in [-0.25, -0.2) is 4.68 Å². The highest BCUT2D eigenvalue weighted by atomic mass is 16.1. The highest BCUT2D eigenvalue weighted by Crippen LogP contribution is 2.19. The second-order valence-electron chi connectivity index (χ2n) is 5.87. The van der Waals surface area contributed by atoms with Crippen molar-refractivity contribution in [2.24, 2.45) is 0 Å². The predicted molar refractivity (Wildman–Crippen MR) is 80.6 cm³/mol. The van der Waals surface area contributed by atoms with Crippen molar-refractivity contribution in [2.75, 3.05) is 13.1 Å². The number of nitrogens with one attached hydrogen (secondary N) is 1. The van der Waals surface area contributed by atoms with E-state index in [9.17, 15) is 4.79 Å². The number of aromatic nitrogens is 3. The molecular weight excluding hydrogens is 264 g/mol. The van der Waals surface area contributed by atoms with Gasteiger partial charge in [-0.05, 0) is 37.5 Å². The number of nitrogens with zero attached hydrogens (tertiary/aromatic N) is 3. The molecule has 0 saturated carbocycles. The van der Waals surface area contributed by atoms with Gasteiger partial charge in [0.1, 0.15) is 5.69 Å². The van der Waals surface area contributed by atoms with Crippen LogP contribution in [-0.2, 0) is 6.42 Å². The molecule has 1 fully saturated rings. The lowest BCUT2D eigenvalue weighted by Crippen LogP contribution is -2.43. The van der Waals surface area contributed by atoms with Gasteiger partial charge in [-0.2, -0.15) is 0 Å². The van der Waals surface area contributed by atoms with E-state index in [0.717, 1.165) is 29.8 Å². The third-order valence-electron chi connectivity index (χ3n) is 4.11. The second kappa shape index (κ2) is 5.41. The van der Waals surface area contributed by atoms with Gasteiger partial charge in [0.25, 0.3) is 0 Å². The van der Waals surface area contributed by atoms with Crippen molar-refractivity contribution >= 4 is 5.78 Å². The van der Waals surface area contributed by atoms with Crippen LogP contribution < -0.4 is 5.32 Å². The highest BCUT2D eigenvalue weighted by Gasteiger charge is 2.22. The summed E-state index contributed by atoms with van der Waals surface area (Å²) in [5.74, 6) is 0.0311. The first-order chi connectivity index (χ1) is 10.0. The molecular formula is C16H20N4O. The number of carbonyl (C=O) groups excluding carboxylic acids is 1. The maximum absolute atomic E-state index is 12.4. The number of ketones is 1. The Balaban J connectivity index is 1.78. The minimum Gasteiger partial charge on any atom is -0.312 e. The van der Waals surface area contributed by atoms with Crippen molar-refractivity contribution in [1.29, 1.82) is 0 Å². The van der Waals surface area contributed by atoms with E-state index in [0.29, 0.717) is 18.2 Å². The van der Waals surface area contributed by atoms with Crippen molar-refractivity contribution in [1.82, 2.24) is 20.3 Å². The Morgan fingerprint density at radius 3 is 2.52 bits per heavy atom. The lowest BCUT2D eigenvalue weighted by atomic mass is 9.95. The van der Waals surface area contributed by atoms with Crippen molar-refractivity contribution < 1.29 is 4.79 Å². The molecule has 0 bridgehead atoms. The lowest BCUT2D eigenvalue weighted by Gasteiger charge is -2.26. The molecule has 0 amide bonds. The van der Waals surface area contributed by atoms with E-state index >= 15 is 0 Å². The minimum absolute atomic E-state index is 0.0311. The first kappa shape index (κ1) is 13.9. The number of aryl methyl sites for hydroxylation is 3. The van der Waals surface area contributed by atoms with Crippen LogP contribution in [0, 0.1) is 20.8 Å². The van der Waals surface area contributed by atoms with Gasteiger partial charge >= 0.3 is 0 Å². The Morgan fingerprint density at radius 2 is 1.95 bits per heavy atom. The van der Waals surface area contributed by atoms with Crippen molar-refractivity contribution in [3.63, 3.8) is 0 Å². The topological polar surface area (TPSA) is 59.8 Å². The fourth-order valence-corrected chi connectivity index (χ4v) is 2.78. The average molecular weight is 284 g/mol. The molecule has 1 N–H and O–H groups in total. The van der Waals surface area contributed by atoms with Gasteiger partial charge < -0.3 is 5.32 Å². The van der Waals surface area contributed by atoms with E-state index in [1.54, 1.807) is 10.9 Å². The number of carbonyl (C=O) groups is 1. The van der Waals surface area contributed by atoms with Crippen LogP contribution in [0.5, 0.6) is 0 Å². The van der Waals surface area contributed by atoms with Gasteiger partial charge in [0.15, 0.2) is 5.78 Å². The molecule has 1 saturated heterocycles. The third kappa shape index (κ3) is 2.74. The Hall–Kier alpha value is -2.01. The van der Waals surface area contributed by atoms with E-state index in [2.05, 4.69) is 48.5 Å². The maximum atomic E-state index is 12.4. The average Bonchev–Trinajstić information content (AvgIpc) is 2.80. The SMILES string of the molecule is Cc1cc(C)c(CC(=O)c2cn(C3CNC3)nn2)c(C)c1. The number of hydrogen-bond acceptors (Lipinski definition) is 4. The van der Waals surface area contributed by atoms with Gasteiger partial charge in [-0.15, -0.1) is 5.10 Å². The van der Waals surface area contributed by atoms with Gasteiger partial charge in [-0.1, -0.05) is 22.9 Å². The Bertz CT molecular complexity index is 662. The van der Waals surface area contributed by atoms with E-state index in [-0.39, 0.29) is 5.78 Å². The normalized spacial score (nSPS) is 15.0. The van der Waals surface area contributed by atoms with Crippen LogP contribution in [0.2, 0.25) is 0 Å². The summed E-state index contributed by atoms with van der Waals surface area (Å²) in [6, 6.07) is 4.57. The Labute approximate surface area is 124 Å². The largest absolute Gasteiger partial charge is 0.312 e. The third-order valence-corrected chi connectivity index (χ3v) is 4.11. The number of Topliss-reactive ketones (excluding diaryl/α,β-unsaturated/α-hetero) is 1. The molecule has 1 aliphatic heterocycles. The van der Waals surface area contributed by atoms with Crippen molar-refractivity contribution in [3.05, 3.63) is 46.3 Å². The van der Waals surface area contributed by atoms with E-state index in [1.807, 2.05) is 0 Å². The maximum Gasteiger partial charge on any atom is 0.189 e.